The average molecular weight is 246 g/mol. The van der Waals surface area contributed by atoms with Crippen LogP contribution in [0.25, 0.3) is 11.3 Å². The Kier molecular flexibility index (Phi) is 3.98. The monoisotopic (exact) mass is 246 g/mol. The SMILES string of the molecule is CCCCC(=O)c1snnc1-c1ccccc1. The number of ketones is 1. The molecule has 0 N–H and O–H groups in total. The summed E-state index contributed by atoms with van der Waals surface area (Å²) in [5, 5.41) is 4.06. The van der Waals surface area contributed by atoms with Crippen LogP contribution in [0.3, 0.4) is 0 Å². The highest BCUT2D eigenvalue weighted by atomic mass is 32.1. The maximum absolute atomic E-state index is 12.0. The number of rotatable bonds is 5. The number of carbonyl (C=O) groups is 1. The van der Waals surface area contributed by atoms with E-state index in [1.807, 2.05) is 30.3 Å². The van der Waals surface area contributed by atoms with Gasteiger partial charge in [-0.05, 0) is 18.0 Å². The first-order valence-corrected chi connectivity index (χ1v) is 6.51. The zero-order chi connectivity index (χ0) is 12.1. The molecule has 0 aliphatic heterocycles. The van der Waals surface area contributed by atoms with Gasteiger partial charge in [-0.2, -0.15) is 0 Å². The first-order valence-electron chi connectivity index (χ1n) is 5.74. The first kappa shape index (κ1) is 11.9. The number of aromatic nitrogens is 2. The molecule has 0 bridgehead atoms. The lowest BCUT2D eigenvalue weighted by Gasteiger charge is -2.00. The molecular weight excluding hydrogens is 232 g/mol. The van der Waals surface area contributed by atoms with Crippen LogP contribution in [0.15, 0.2) is 30.3 Å². The van der Waals surface area contributed by atoms with Crippen LogP contribution in [0, 0.1) is 0 Å². The molecule has 0 saturated carbocycles. The number of nitrogens with zero attached hydrogens (tertiary/aromatic N) is 2. The second-order valence-electron chi connectivity index (χ2n) is 3.84. The van der Waals surface area contributed by atoms with E-state index in [9.17, 15) is 4.79 Å². The molecule has 0 unspecified atom stereocenters. The third-order valence-electron chi connectivity index (χ3n) is 2.55. The lowest BCUT2D eigenvalue weighted by Crippen LogP contribution is -1.98. The minimum atomic E-state index is 0.153. The van der Waals surface area contributed by atoms with Crippen molar-refractivity contribution in [1.29, 1.82) is 0 Å². The first-order chi connectivity index (χ1) is 8.33. The van der Waals surface area contributed by atoms with E-state index in [2.05, 4.69) is 16.5 Å². The Morgan fingerprint density at radius 1 is 1.29 bits per heavy atom. The van der Waals surface area contributed by atoms with Gasteiger partial charge in [0, 0.05) is 12.0 Å². The summed E-state index contributed by atoms with van der Waals surface area (Å²) in [6.07, 6.45) is 2.53. The van der Waals surface area contributed by atoms with Crippen LogP contribution in [-0.2, 0) is 0 Å². The van der Waals surface area contributed by atoms with Crippen molar-refractivity contribution in [3.8, 4) is 11.3 Å². The van der Waals surface area contributed by atoms with E-state index in [1.54, 1.807) is 0 Å². The van der Waals surface area contributed by atoms with Crippen molar-refractivity contribution in [2.45, 2.75) is 26.2 Å². The molecule has 3 nitrogen and oxygen atoms in total. The third-order valence-corrected chi connectivity index (χ3v) is 3.31. The predicted molar refractivity (Wildman–Crippen MR) is 69.2 cm³/mol. The predicted octanol–water partition coefficient (Wildman–Crippen LogP) is 3.58. The molecular formula is C13H14N2OS. The Morgan fingerprint density at radius 3 is 2.76 bits per heavy atom. The lowest BCUT2D eigenvalue weighted by atomic mass is 10.1. The Morgan fingerprint density at radius 2 is 2.06 bits per heavy atom. The lowest BCUT2D eigenvalue weighted by molar-refractivity contribution is 0.0984. The Bertz CT molecular complexity index is 493. The topological polar surface area (TPSA) is 42.9 Å². The molecule has 0 atom stereocenters. The van der Waals surface area contributed by atoms with Gasteiger partial charge in [0.25, 0.3) is 0 Å². The van der Waals surface area contributed by atoms with E-state index in [4.69, 9.17) is 0 Å². The number of carbonyl (C=O) groups excluding carboxylic acids is 1. The minimum Gasteiger partial charge on any atom is -0.293 e. The fourth-order valence-electron chi connectivity index (χ4n) is 1.61. The number of Topliss-reactive ketones (excluding diaryl/α,β-unsaturated/α-hetero) is 1. The van der Waals surface area contributed by atoms with Gasteiger partial charge in [-0.25, -0.2) is 0 Å². The summed E-state index contributed by atoms with van der Waals surface area (Å²) in [5.74, 6) is 0.153. The molecule has 0 amide bonds. The normalized spacial score (nSPS) is 10.4. The smallest absolute Gasteiger partial charge is 0.176 e. The molecule has 17 heavy (non-hydrogen) atoms. The summed E-state index contributed by atoms with van der Waals surface area (Å²) < 4.78 is 3.90. The van der Waals surface area contributed by atoms with Crippen molar-refractivity contribution in [2.24, 2.45) is 0 Å². The largest absolute Gasteiger partial charge is 0.293 e. The zero-order valence-electron chi connectivity index (χ0n) is 9.72. The summed E-state index contributed by atoms with van der Waals surface area (Å²) in [5.41, 5.74) is 1.68. The van der Waals surface area contributed by atoms with Crippen LogP contribution < -0.4 is 0 Å². The van der Waals surface area contributed by atoms with Crippen LogP contribution in [0.1, 0.15) is 35.9 Å². The summed E-state index contributed by atoms with van der Waals surface area (Å²) >= 11 is 1.19. The summed E-state index contributed by atoms with van der Waals surface area (Å²) in [7, 11) is 0. The number of hydrogen-bond donors (Lipinski definition) is 0. The molecule has 0 spiro atoms. The highest BCUT2D eigenvalue weighted by Crippen LogP contribution is 2.25. The van der Waals surface area contributed by atoms with Crippen molar-refractivity contribution < 1.29 is 4.79 Å². The molecule has 0 fully saturated rings. The fraction of sp³-hybridized carbons (Fsp3) is 0.308. The molecule has 2 rings (SSSR count). The van der Waals surface area contributed by atoms with Crippen molar-refractivity contribution in [1.82, 2.24) is 9.59 Å². The maximum atomic E-state index is 12.0. The molecule has 1 aromatic carbocycles. The van der Waals surface area contributed by atoms with Crippen LogP contribution in [-0.4, -0.2) is 15.4 Å². The van der Waals surface area contributed by atoms with Gasteiger partial charge in [-0.15, -0.1) is 5.10 Å². The summed E-state index contributed by atoms with van der Waals surface area (Å²) in [4.78, 5) is 12.7. The van der Waals surface area contributed by atoms with Gasteiger partial charge in [0.1, 0.15) is 10.6 Å². The number of hydrogen-bond acceptors (Lipinski definition) is 4. The zero-order valence-corrected chi connectivity index (χ0v) is 10.5. The van der Waals surface area contributed by atoms with E-state index in [1.165, 1.54) is 11.5 Å². The van der Waals surface area contributed by atoms with Crippen LogP contribution in [0.4, 0.5) is 0 Å². The second kappa shape index (κ2) is 5.68. The van der Waals surface area contributed by atoms with E-state index in [0.717, 1.165) is 24.1 Å². The Hall–Kier alpha value is -1.55. The van der Waals surface area contributed by atoms with E-state index >= 15 is 0 Å². The third kappa shape index (κ3) is 2.77. The molecule has 88 valence electrons. The van der Waals surface area contributed by atoms with Gasteiger partial charge in [-0.1, -0.05) is 48.2 Å². The molecule has 1 aromatic heterocycles. The van der Waals surface area contributed by atoms with Crippen LogP contribution >= 0.6 is 11.5 Å². The van der Waals surface area contributed by atoms with Crippen LogP contribution in [0.2, 0.25) is 0 Å². The van der Waals surface area contributed by atoms with Gasteiger partial charge in [-0.3, -0.25) is 4.79 Å². The van der Waals surface area contributed by atoms with E-state index in [0.29, 0.717) is 11.3 Å². The molecule has 0 radical (unpaired) electrons. The second-order valence-corrected chi connectivity index (χ2v) is 4.60. The highest BCUT2D eigenvalue weighted by molar-refractivity contribution is 7.08. The fourth-order valence-corrected chi connectivity index (χ4v) is 2.26. The Labute approximate surface area is 105 Å². The molecule has 1 heterocycles. The highest BCUT2D eigenvalue weighted by Gasteiger charge is 2.16. The van der Waals surface area contributed by atoms with Crippen molar-refractivity contribution in [3.63, 3.8) is 0 Å². The van der Waals surface area contributed by atoms with Crippen molar-refractivity contribution in [3.05, 3.63) is 35.2 Å². The molecule has 0 aliphatic carbocycles. The van der Waals surface area contributed by atoms with Gasteiger partial charge < -0.3 is 0 Å². The van der Waals surface area contributed by atoms with E-state index < -0.39 is 0 Å². The Balaban J connectivity index is 2.26. The van der Waals surface area contributed by atoms with Gasteiger partial charge >= 0.3 is 0 Å². The maximum Gasteiger partial charge on any atom is 0.176 e. The minimum absolute atomic E-state index is 0.153. The summed E-state index contributed by atoms with van der Waals surface area (Å²) in [6.45, 7) is 2.08. The van der Waals surface area contributed by atoms with Gasteiger partial charge in [0.2, 0.25) is 0 Å². The van der Waals surface area contributed by atoms with Crippen molar-refractivity contribution >= 4 is 17.3 Å². The standard InChI is InChI=1S/C13H14N2OS/c1-2-3-9-11(16)13-12(14-15-17-13)10-7-5-4-6-8-10/h4-8H,2-3,9H2,1H3. The van der Waals surface area contributed by atoms with Crippen LogP contribution in [0.5, 0.6) is 0 Å². The number of unbranched alkanes of at least 4 members (excludes halogenated alkanes) is 1. The van der Waals surface area contributed by atoms with E-state index in [-0.39, 0.29) is 5.78 Å². The molecule has 2 aromatic rings. The average Bonchev–Trinajstić information content (AvgIpc) is 2.86. The quantitative estimate of drug-likeness (QED) is 0.757. The number of benzene rings is 1. The summed E-state index contributed by atoms with van der Waals surface area (Å²) in [6, 6.07) is 9.73. The van der Waals surface area contributed by atoms with Crippen molar-refractivity contribution in [2.75, 3.05) is 0 Å². The molecule has 4 heteroatoms. The van der Waals surface area contributed by atoms with Gasteiger partial charge in [0.05, 0.1) is 0 Å². The molecule has 0 saturated heterocycles. The van der Waals surface area contributed by atoms with Gasteiger partial charge in [0.15, 0.2) is 5.78 Å². The molecule has 0 aliphatic rings.